The smallest absolute Gasteiger partial charge is 0.166 e. The van der Waals surface area contributed by atoms with E-state index >= 15 is 0 Å². The fourth-order valence-electron chi connectivity index (χ4n) is 7.51. The molecule has 7 nitrogen and oxygen atoms in total. The number of aromatic nitrogens is 5. The topological polar surface area (TPSA) is 82.8 Å². The van der Waals surface area contributed by atoms with Crippen molar-refractivity contribution in [2.75, 3.05) is 0 Å². The molecule has 0 fully saturated rings. The number of pyridine rings is 1. The molecule has 0 unspecified atom stereocenters. The Morgan fingerprint density at radius 2 is 1.06 bits per heavy atom. The third kappa shape index (κ3) is 4.18. The summed E-state index contributed by atoms with van der Waals surface area (Å²) in [6, 6.07) is 47.5. The lowest BCUT2D eigenvalue weighted by Crippen LogP contribution is -2.03. The van der Waals surface area contributed by atoms with Crippen LogP contribution in [-0.4, -0.2) is 24.5 Å². The number of para-hydroxylation sites is 4. The highest BCUT2D eigenvalue weighted by Gasteiger charge is 2.21. The van der Waals surface area contributed by atoms with Crippen molar-refractivity contribution in [1.29, 1.82) is 0 Å². The second-order valence-electron chi connectivity index (χ2n) is 12.7. The van der Waals surface area contributed by atoms with Gasteiger partial charge in [0.2, 0.25) is 0 Å². The largest absolute Gasteiger partial charge is 0.456 e. The van der Waals surface area contributed by atoms with Crippen LogP contribution in [-0.2, 0) is 0 Å². The molecule has 5 aromatic heterocycles. The minimum atomic E-state index is 0.539. The Morgan fingerprint density at radius 3 is 1.90 bits per heavy atom. The first kappa shape index (κ1) is 27.8. The molecule has 6 aromatic carbocycles. The van der Waals surface area contributed by atoms with Crippen LogP contribution in [0.4, 0.5) is 0 Å². The van der Waals surface area contributed by atoms with Crippen molar-refractivity contribution in [1.82, 2.24) is 24.5 Å². The Bertz CT molecular complexity index is 3120. The fraction of sp³-hybridized carbons (Fsp3) is 0. The predicted octanol–water partition coefficient (Wildman–Crippen LogP) is 11.2. The molecule has 0 N–H and O–H groups in total. The van der Waals surface area contributed by atoms with Gasteiger partial charge in [-0.1, -0.05) is 84.9 Å². The monoisotopic (exact) mass is 655 g/mol. The van der Waals surface area contributed by atoms with E-state index in [0.29, 0.717) is 17.5 Å². The molecule has 0 aliphatic heterocycles. The van der Waals surface area contributed by atoms with Gasteiger partial charge in [0, 0.05) is 61.4 Å². The van der Waals surface area contributed by atoms with Crippen molar-refractivity contribution in [2.45, 2.75) is 0 Å². The maximum Gasteiger partial charge on any atom is 0.166 e. The van der Waals surface area contributed by atoms with Crippen LogP contribution >= 0.6 is 0 Å². The van der Waals surface area contributed by atoms with Gasteiger partial charge in [-0.3, -0.25) is 4.98 Å². The second-order valence-corrected chi connectivity index (χ2v) is 12.7. The van der Waals surface area contributed by atoms with E-state index in [2.05, 4.69) is 94.5 Å². The van der Waals surface area contributed by atoms with E-state index in [9.17, 15) is 0 Å². The van der Waals surface area contributed by atoms with Crippen molar-refractivity contribution in [3.8, 4) is 39.9 Å². The maximum absolute atomic E-state index is 6.28. The fourth-order valence-corrected chi connectivity index (χ4v) is 7.51. The summed E-state index contributed by atoms with van der Waals surface area (Å²) in [5, 5.41) is 6.31. The zero-order valence-corrected chi connectivity index (χ0v) is 27.0. The first-order valence-corrected chi connectivity index (χ1v) is 16.8. The van der Waals surface area contributed by atoms with Crippen LogP contribution in [0.3, 0.4) is 0 Å². The summed E-state index contributed by atoms with van der Waals surface area (Å²) in [5.74, 6) is 1.65. The van der Waals surface area contributed by atoms with Gasteiger partial charge in [0.25, 0.3) is 0 Å². The SMILES string of the molecule is c1ccc(-n2c3ccccc3c3ccccc32)c(-c2nc(-c3ccc4c(c3)oc3ccncc34)nc(-c3cccc4oc5ccccc5c34)n2)c1. The third-order valence-corrected chi connectivity index (χ3v) is 9.78. The van der Waals surface area contributed by atoms with Crippen molar-refractivity contribution >= 4 is 65.7 Å². The molecule has 0 aliphatic rings. The lowest BCUT2D eigenvalue weighted by atomic mass is 10.0. The highest BCUT2D eigenvalue weighted by atomic mass is 16.3. The zero-order chi connectivity index (χ0) is 33.5. The molecule has 0 saturated carbocycles. The van der Waals surface area contributed by atoms with Crippen LogP contribution in [0, 0.1) is 0 Å². The van der Waals surface area contributed by atoms with Crippen LogP contribution in [0.1, 0.15) is 0 Å². The summed E-state index contributed by atoms with van der Waals surface area (Å²) in [4.78, 5) is 19.9. The summed E-state index contributed by atoms with van der Waals surface area (Å²) in [6.45, 7) is 0. The molecule has 238 valence electrons. The van der Waals surface area contributed by atoms with E-state index in [4.69, 9.17) is 23.8 Å². The number of rotatable bonds is 4. The number of benzene rings is 6. The van der Waals surface area contributed by atoms with Gasteiger partial charge < -0.3 is 13.4 Å². The average Bonchev–Trinajstić information content (AvgIpc) is 3.87. The molecule has 0 saturated heterocycles. The normalized spacial score (nSPS) is 11.9. The van der Waals surface area contributed by atoms with Gasteiger partial charge in [0.15, 0.2) is 17.5 Å². The second kappa shape index (κ2) is 10.7. The number of hydrogen-bond donors (Lipinski definition) is 0. The van der Waals surface area contributed by atoms with E-state index in [1.54, 1.807) is 6.20 Å². The lowest BCUT2D eigenvalue weighted by molar-refractivity contribution is 0.668. The molecule has 0 atom stereocenters. The molecule has 11 rings (SSSR count). The minimum absolute atomic E-state index is 0.539. The Balaban J connectivity index is 1.20. The standard InChI is InChI=1S/C44H25N5O2/c1-5-15-34-27(10-1)28-11-2-6-16-35(28)49(34)36-17-7-3-12-30(36)43-46-42(26-20-21-29-33-25-45-23-22-38(33)51-40(29)24-26)47-44(48-43)32-14-9-19-39-41(32)31-13-4-8-18-37(31)50-39/h1-25H. The Labute approximate surface area is 290 Å². The first-order chi connectivity index (χ1) is 25.3. The predicted molar refractivity (Wildman–Crippen MR) is 203 cm³/mol. The Hall–Kier alpha value is -7.12. The van der Waals surface area contributed by atoms with Crippen LogP contribution in [0.25, 0.3) is 106 Å². The summed E-state index contributed by atoms with van der Waals surface area (Å²) in [5.41, 5.74) is 8.89. The molecule has 0 aliphatic carbocycles. The minimum Gasteiger partial charge on any atom is -0.456 e. The first-order valence-electron chi connectivity index (χ1n) is 16.8. The molecular formula is C44H25N5O2. The number of nitrogens with zero attached hydrogens (tertiary/aromatic N) is 5. The Kier molecular flexibility index (Phi) is 5.83. The highest BCUT2D eigenvalue weighted by molar-refractivity contribution is 6.12. The summed E-state index contributed by atoms with van der Waals surface area (Å²) < 4.78 is 14.8. The van der Waals surface area contributed by atoms with Gasteiger partial charge in [-0.25, -0.2) is 15.0 Å². The molecule has 5 heterocycles. The third-order valence-electron chi connectivity index (χ3n) is 9.78. The highest BCUT2D eigenvalue weighted by Crippen LogP contribution is 2.39. The summed E-state index contributed by atoms with van der Waals surface area (Å²) in [6.07, 6.45) is 3.58. The summed E-state index contributed by atoms with van der Waals surface area (Å²) >= 11 is 0. The van der Waals surface area contributed by atoms with E-state index in [-0.39, 0.29) is 0 Å². The van der Waals surface area contributed by atoms with Gasteiger partial charge in [-0.05, 0) is 54.6 Å². The summed E-state index contributed by atoms with van der Waals surface area (Å²) in [7, 11) is 0. The Morgan fingerprint density at radius 1 is 0.431 bits per heavy atom. The molecule has 0 amide bonds. The van der Waals surface area contributed by atoms with Gasteiger partial charge in [-0.2, -0.15) is 0 Å². The van der Waals surface area contributed by atoms with Crippen molar-refractivity contribution in [3.05, 3.63) is 152 Å². The molecule has 0 radical (unpaired) electrons. The average molecular weight is 656 g/mol. The molecule has 7 heteroatoms. The molecule has 0 spiro atoms. The quantitative estimate of drug-likeness (QED) is 0.188. The van der Waals surface area contributed by atoms with Crippen molar-refractivity contribution in [3.63, 3.8) is 0 Å². The van der Waals surface area contributed by atoms with Crippen LogP contribution in [0.15, 0.2) is 161 Å². The van der Waals surface area contributed by atoms with Crippen LogP contribution in [0.2, 0.25) is 0 Å². The number of hydrogen-bond acceptors (Lipinski definition) is 6. The zero-order valence-electron chi connectivity index (χ0n) is 27.0. The molecular weight excluding hydrogens is 631 g/mol. The lowest BCUT2D eigenvalue weighted by Gasteiger charge is -2.14. The van der Waals surface area contributed by atoms with Crippen molar-refractivity contribution in [2.24, 2.45) is 0 Å². The van der Waals surface area contributed by atoms with Crippen LogP contribution in [0.5, 0.6) is 0 Å². The van der Waals surface area contributed by atoms with E-state index < -0.39 is 0 Å². The van der Waals surface area contributed by atoms with Crippen LogP contribution < -0.4 is 0 Å². The van der Waals surface area contributed by atoms with Gasteiger partial charge in [0.1, 0.15) is 22.3 Å². The van der Waals surface area contributed by atoms with Gasteiger partial charge in [0.05, 0.1) is 16.7 Å². The molecule has 11 aromatic rings. The number of furan rings is 2. The number of fused-ring (bicyclic) bond motifs is 9. The van der Waals surface area contributed by atoms with Crippen molar-refractivity contribution < 1.29 is 8.83 Å². The van der Waals surface area contributed by atoms with E-state index in [1.165, 1.54) is 10.8 Å². The van der Waals surface area contributed by atoms with Gasteiger partial charge in [-0.15, -0.1) is 0 Å². The molecule has 0 bridgehead atoms. The van der Waals surface area contributed by atoms with E-state index in [0.717, 1.165) is 77.3 Å². The maximum atomic E-state index is 6.28. The molecule has 51 heavy (non-hydrogen) atoms. The van der Waals surface area contributed by atoms with E-state index in [1.807, 2.05) is 60.8 Å². The van der Waals surface area contributed by atoms with Gasteiger partial charge >= 0.3 is 0 Å².